The Bertz CT molecular complexity index is 449. The summed E-state index contributed by atoms with van der Waals surface area (Å²) in [4.78, 5) is 19.0. The quantitative estimate of drug-likeness (QED) is 0.730. The topological polar surface area (TPSA) is 69.1 Å². The average molecular weight is 216 g/mol. The molecule has 0 spiro atoms. The Morgan fingerprint density at radius 3 is 1.88 bits per heavy atom. The van der Waals surface area contributed by atoms with Crippen LogP contribution in [0, 0.1) is 0 Å². The first-order valence-corrected chi connectivity index (χ1v) is 4.51. The molecule has 0 fully saturated rings. The number of rotatable bonds is 4. The third-order valence-electron chi connectivity index (χ3n) is 1.74. The predicted molar refractivity (Wildman–Crippen MR) is 56.1 cm³/mol. The maximum Gasteiger partial charge on any atom is 0.181 e. The molecule has 0 aliphatic rings. The lowest BCUT2D eigenvalue weighted by atomic mass is 10.3. The van der Waals surface area contributed by atoms with Gasteiger partial charge in [-0.25, -0.2) is 9.97 Å². The van der Waals surface area contributed by atoms with E-state index in [1.54, 1.807) is 12.2 Å². The second-order valence-corrected chi connectivity index (χ2v) is 2.90. The molecule has 0 atom stereocenters. The van der Waals surface area contributed by atoms with Gasteiger partial charge in [0.25, 0.3) is 0 Å². The fourth-order valence-corrected chi connectivity index (χ4v) is 0.999. The summed E-state index contributed by atoms with van der Waals surface area (Å²) in [7, 11) is 0. The summed E-state index contributed by atoms with van der Waals surface area (Å²) in [5, 5.41) is 0. The minimum atomic E-state index is -0.161. The summed E-state index contributed by atoms with van der Waals surface area (Å²) in [5.74, 6) is -0.161. The highest BCUT2D eigenvalue weighted by atomic mass is 16.3. The molecule has 0 aliphatic heterocycles. The number of nitrogens with zero attached hydrogens (tertiary/aromatic N) is 2. The van der Waals surface area contributed by atoms with Crippen molar-refractivity contribution >= 4 is 17.9 Å². The Morgan fingerprint density at radius 1 is 1.00 bits per heavy atom. The summed E-state index contributed by atoms with van der Waals surface area (Å²) in [6.45, 7) is 0. The molecule has 2 aromatic rings. The van der Waals surface area contributed by atoms with Crippen LogP contribution in [0.25, 0.3) is 12.2 Å². The zero-order chi connectivity index (χ0) is 11.2. The molecule has 0 aromatic carbocycles. The molecule has 2 aromatic heterocycles. The molecule has 16 heavy (non-hydrogen) atoms. The lowest BCUT2D eigenvalue weighted by molar-refractivity contribution is -0.110. The lowest BCUT2D eigenvalue weighted by Gasteiger charge is -1.82. The summed E-state index contributed by atoms with van der Waals surface area (Å²) in [6, 6.07) is 0. The van der Waals surface area contributed by atoms with E-state index in [1.807, 2.05) is 0 Å². The summed E-state index contributed by atoms with van der Waals surface area (Å²) < 4.78 is 9.50. The SMILES string of the molecule is O=C(/C=C/c1cocn1)/C=C/c1cocn1. The Balaban J connectivity index is 1.94. The number of carbonyl (C=O) groups excluding carboxylic acids is 1. The molecule has 0 radical (unpaired) electrons. The largest absolute Gasteiger partial charge is 0.451 e. The molecule has 2 rings (SSSR count). The third-order valence-corrected chi connectivity index (χ3v) is 1.74. The number of hydrogen-bond donors (Lipinski definition) is 0. The summed E-state index contributed by atoms with van der Waals surface area (Å²) in [6.07, 6.45) is 11.4. The van der Waals surface area contributed by atoms with Crippen molar-refractivity contribution in [2.24, 2.45) is 0 Å². The molecule has 0 saturated heterocycles. The van der Waals surface area contributed by atoms with Crippen molar-refractivity contribution < 1.29 is 13.6 Å². The molecule has 5 nitrogen and oxygen atoms in total. The van der Waals surface area contributed by atoms with Gasteiger partial charge in [0, 0.05) is 0 Å². The van der Waals surface area contributed by atoms with Gasteiger partial charge in [-0.3, -0.25) is 4.79 Å². The zero-order valence-electron chi connectivity index (χ0n) is 8.24. The third kappa shape index (κ3) is 2.78. The molecule has 80 valence electrons. The van der Waals surface area contributed by atoms with Gasteiger partial charge in [0.1, 0.15) is 23.9 Å². The van der Waals surface area contributed by atoms with Crippen molar-refractivity contribution in [3.8, 4) is 0 Å². The molecule has 0 amide bonds. The van der Waals surface area contributed by atoms with E-state index in [4.69, 9.17) is 8.83 Å². The van der Waals surface area contributed by atoms with E-state index in [9.17, 15) is 4.79 Å². The van der Waals surface area contributed by atoms with Crippen molar-refractivity contribution in [3.63, 3.8) is 0 Å². The number of aromatic nitrogens is 2. The summed E-state index contributed by atoms with van der Waals surface area (Å²) >= 11 is 0. The highest BCUT2D eigenvalue weighted by Crippen LogP contribution is 2.00. The van der Waals surface area contributed by atoms with Crippen LogP contribution in [-0.4, -0.2) is 15.8 Å². The van der Waals surface area contributed by atoms with Crippen LogP contribution in [-0.2, 0) is 4.79 Å². The minimum Gasteiger partial charge on any atom is -0.451 e. The first-order valence-electron chi connectivity index (χ1n) is 4.51. The average Bonchev–Trinajstić information content (AvgIpc) is 2.96. The van der Waals surface area contributed by atoms with Crippen LogP contribution in [0.3, 0.4) is 0 Å². The molecule has 2 heterocycles. The summed E-state index contributed by atoms with van der Waals surface area (Å²) in [5.41, 5.74) is 1.20. The van der Waals surface area contributed by atoms with E-state index in [-0.39, 0.29) is 5.78 Å². The van der Waals surface area contributed by atoms with Crippen LogP contribution in [0.4, 0.5) is 0 Å². The fourth-order valence-electron chi connectivity index (χ4n) is 0.999. The second-order valence-electron chi connectivity index (χ2n) is 2.90. The van der Waals surface area contributed by atoms with Gasteiger partial charge >= 0.3 is 0 Å². The Kier molecular flexibility index (Phi) is 3.08. The predicted octanol–water partition coefficient (Wildman–Crippen LogP) is 1.96. The number of carbonyl (C=O) groups is 1. The number of hydrogen-bond acceptors (Lipinski definition) is 5. The normalized spacial score (nSPS) is 11.5. The maximum atomic E-state index is 11.3. The van der Waals surface area contributed by atoms with E-state index >= 15 is 0 Å². The van der Waals surface area contributed by atoms with Gasteiger partial charge in [0.05, 0.1) is 0 Å². The van der Waals surface area contributed by atoms with Crippen LogP contribution in [0.2, 0.25) is 0 Å². The van der Waals surface area contributed by atoms with Crippen LogP contribution in [0.5, 0.6) is 0 Å². The molecule has 0 bridgehead atoms. The van der Waals surface area contributed by atoms with E-state index < -0.39 is 0 Å². The number of oxazole rings is 2. The molecule has 0 aliphatic carbocycles. The van der Waals surface area contributed by atoms with Crippen LogP contribution < -0.4 is 0 Å². The zero-order valence-corrected chi connectivity index (χ0v) is 8.24. The van der Waals surface area contributed by atoms with E-state index in [1.165, 1.54) is 37.5 Å². The van der Waals surface area contributed by atoms with Gasteiger partial charge in [-0.15, -0.1) is 0 Å². The maximum absolute atomic E-state index is 11.3. The molecule has 0 saturated carbocycles. The van der Waals surface area contributed by atoms with Gasteiger partial charge in [-0.2, -0.15) is 0 Å². The van der Waals surface area contributed by atoms with Crippen LogP contribution >= 0.6 is 0 Å². The molecular weight excluding hydrogens is 208 g/mol. The smallest absolute Gasteiger partial charge is 0.181 e. The van der Waals surface area contributed by atoms with Crippen molar-refractivity contribution in [1.29, 1.82) is 0 Å². The first kappa shape index (κ1) is 10.1. The minimum absolute atomic E-state index is 0.161. The van der Waals surface area contributed by atoms with Gasteiger partial charge in [0.15, 0.2) is 18.6 Å². The molecule has 0 unspecified atom stereocenters. The molecule has 5 heteroatoms. The van der Waals surface area contributed by atoms with Crippen LogP contribution in [0.15, 0.2) is 46.3 Å². The van der Waals surface area contributed by atoms with Crippen LogP contribution in [0.1, 0.15) is 11.4 Å². The van der Waals surface area contributed by atoms with Gasteiger partial charge in [-0.1, -0.05) is 0 Å². The van der Waals surface area contributed by atoms with Crippen molar-refractivity contribution in [1.82, 2.24) is 9.97 Å². The first-order chi connectivity index (χ1) is 7.84. The van der Waals surface area contributed by atoms with Gasteiger partial charge in [-0.05, 0) is 24.3 Å². The lowest BCUT2D eigenvalue weighted by Crippen LogP contribution is -1.84. The highest BCUT2D eigenvalue weighted by Gasteiger charge is 1.93. The van der Waals surface area contributed by atoms with Gasteiger partial charge in [0.2, 0.25) is 0 Å². The van der Waals surface area contributed by atoms with Gasteiger partial charge < -0.3 is 8.83 Å². The van der Waals surface area contributed by atoms with Crippen molar-refractivity contribution in [3.05, 3.63) is 48.9 Å². The monoisotopic (exact) mass is 216 g/mol. The molecule has 0 N–H and O–H groups in total. The highest BCUT2D eigenvalue weighted by molar-refractivity contribution is 6.04. The Morgan fingerprint density at radius 2 is 1.50 bits per heavy atom. The fraction of sp³-hybridized carbons (Fsp3) is 0. The van der Waals surface area contributed by atoms with E-state index in [2.05, 4.69) is 9.97 Å². The number of allylic oxidation sites excluding steroid dienone is 2. The van der Waals surface area contributed by atoms with E-state index in [0.717, 1.165) is 0 Å². The standard InChI is InChI=1S/C11H8N2O3/c14-11(3-1-9-5-15-7-12-9)4-2-10-6-16-8-13-10/h1-8H/b3-1+,4-2+. The second kappa shape index (κ2) is 4.88. The van der Waals surface area contributed by atoms with Crippen molar-refractivity contribution in [2.45, 2.75) is 0 Å². The number of ketones is 1. The Labute approximate surface area is 91.1 Å². The Hall–Kier alpha value is -2.43. The van der Waals surface area contributed by atoms with Crippen molar-refractivity contribution in [2.75, 3.05) is 0 Å². The molecular formula is C11H8N2O3. The van der Waals surface area contributed by atoms with E-state index in [0.29, 0.717) is 11.4 Å².